The minimum absolute atomic E-state index is 0.0174. The Bertz CT molecular complexity index is 457. The quantitative estimate of drug-likeness (QED) is 0.840. The molecule has 0 saturated carbocycles. The van der Waals surface area contributed by atoms with E-state index in [2.05, 4.69) is 0 Å². The lowest BCUT2D eigenvalue weighted by Crippen LogP contribution is -2.34. The number of hydrogen-bond acceptors (Lipinski definition) is 3. The van der Waals surface area contributed by atoms with Crippen LogP contribution in [0.25, 0.3) is 0 Å². The van der Waals surface area contributed by atoms with Crippen molar-refractivity contribution in [3.63, 3.8) is 0 Å². The topological polar surface area (TPSA) is 63.4 Å². The maximum Gasteiger partial charge on any atom is 0.239 e. The van der Waals surface area contributed by atoms with Crippen molar-refractivity contribution in [3.8, 4) is 0 Å². The molecule has 0 aliphatic carbocycles. The van der Waals surface area contributed by atoms with E-state index in [1.165, 1.54) is 4.90 Å². The van der Waals surface area contributed by atoms with Gasteiger partial charge in [0.25, 0.3) is 0 Å². The Morgan fingerprint density at radius 3 is 2.26 bits per heavy atom. The van der Waals surface area contributed by atoms with Crippen LogP contribution in [0.4, 0.5) is 11.4 Å². The highest BCUT2D eigenvalue weighted by molar-refractivity contribution is 7.86. The molecule has 1 rings (SSSR count). The molecule has 4 nitrogen and oxygen atoms in total. The Labute approximate surface area is 117 Å². The lowest BCUT2D eigenvalue weighted by atomic mass is 10.2. The summed E-state index contributed by atoms with van der Waals surface area (Å²) < 4.78 is 12.0. The third-order valence-corrected chi connectivity index (χ3v) is 5.18. The number of nitrogen functional groups attached to an aromatic ring is 1. The van der Waals surface area contributed by atoms with Crippen LogP contribution in [0.1, 0.15) is 20.8 Å². The normalized spacial score (nSPS) is 14.2. The van der Waals surface area contributed by atoms with Crippen LogP contribution in [0.15, 0.2) is 24.3 Å². The number of carbonyl (C=O) groups excluding carboxylic acids is 1. The molecule has 2 unspecified atom stereocenters. The van der Waals surface area contributed by atoms with E-state index in [4.69, 9.17) is 5.73 Å². The van der Waals surface area contributed by atoms with Gasteiger partial charge in [0.05, 0.1) is 0 Å². The maximum atomic E-state index is 12.1. The summed E-state index contributed by atoms with van der Waals surface area (Å²) in [6.45, 7) is 5.94. The molecule has 106 valence electrons. The lowest BCUT2D eigenvalue weighted by molar-refractivity contribution is -0.115. The molecule has 0 heterocycles. The Balaban J connectivity index is 2.68. The van der Waals surface area contributed by atoms with Gasteiger partial charge in [0.1, 0.15) is 5.75 Å². The minimum atomic E-state index is -1.14. The molecule has 1 aromatic carbocycles. The van der Waals surface area contributed by atoms with Gasteiger partial charge in [0, 0.05) is 34.5 Å². The van der Waals surface area contributed by atoms with Crippen molar-refractivity contribution < 1.29 is 9.00 Å². The van der Waals surface area contributed by atoms with Crippen LogP contribution in [0.3, 0.4) is 0 Å². The van der Waals surface area contributed by atoms with Gasteiger partial charge in [0.2, 0.25) is 5.91 Å². The summed E-state index contributed by atoms with van der Waals surface area (Å²) in [5.41, 5.74) is 7.02. The largest absolute Gasteiger partial charge is 0.399 e. The highest BCUT2D eigenvalue weighted by Gasteiger charge is 2.20. The fraction of sp³-hybridized carbons (Fsp3) is 0.500. The van der Waals surface area contributed by atoms with Crippen molar-refractivity contribution in [1.82, 2.24) is 0 Å². The van der Waals surface area contributed by atoms with Crippen molar-refractivity contribution in [2.45, 2.75) is 26.0 Å². The van der Waals surface area contributed by atoms with E-state index >= 15 is 0 Å². The van der Waals surface area contributed by atoms with Gasteiger partial charge in [-0.1, -0.05) is 20.8 Å². The molecule has 0 aliphatic rings. The molecule has 2 atom stereocenters. The fourth-order valence-electron chi connectivity index (χ4n) is 1.50. The highest BCUT2D eigenvalue weighted by atomic mass is 32.2. The second-order valence-corrected chi connectivity index (χ2v) is 6.81. The van der Waals surface area contributed by atoms with Gasteiger partial charge in [-0.15, -0.1) is 0 Å². The number of rotatable bonds is 5. The van der Waals surface area contributed by atoms with Gasteiger partial charge < -0.3 is 10.6 Å². The molecular formula is C14H22N2O2S. The van der Waals surface area contributed by atoms with E-state index in [0.29, 0.717) is 11.6 Å². The molecule has 0 aromatic heterocycles. The van der Waals surface area contributed by atoms with Crippen molar-refractivity contribution in [3.05, 3.63) is 24.3 Å². The summed E-state index contributed by atoms with van der Waals surface area (Å²) in [7, 11) is 0.546. The molecule has 0 saturated heterocycles. The molecule has 1 amide bonds. The number of amides is 1. The summed E-state index contributed by atoms with van der Waals surface area (Å²) in [5, 5.41) is 0.0174. The van der Waals surface area contributed by atoms with E-state index in [9.17, 15) is 9.00 Å². The molecule has 0 fully saturated rings. The van der Waals surface area contributed by atoms with Crippen molar-refractivity contribution in [2.24, 2.45) is 5.92 Å². The van der Waals surface area contributed by atoms with Gasteiger partial charge in [-0.2, -0.15) is 0 Å². The molecule has 0 aliphatic heterocycles. The van der Waals surface area contributed by atoms with E-state index < -0.39 is 10.8 Å². The second-order valence-electron chi connectivity index (χ2n) is 5.02. The molecular weight excluding hydrogens is 260 g/mol. The predicted molar refractivity (Wildman–Crippen MR) is 81.6 cm³/mol. The van der Waals surface area contributed by atoms with Crippen LogP contribution >= 0.6 is 0 Å². The number of nitrogens with zero attached hydrogens (tertiary/aromatic N) is 1. The highest BCUT2D eigenvalue weighted by Crippen LogP contribution is 2.16. The molecule has 5 heteroatoms. The molecule has 0 spiro atoms. The molecule has 1 aromatic rings. The summed E-state index contributed by atoms with van der Waals surface area (Å²) >= 11 is 0. The average Bonchev–Trinajstić information content (AvgIpc) is 2.37. The van der Waals surface area contributed by atoms with Crippen molar-refractivity contribution in [2.75, 3.05) is 23.4 Å². The molecule has 2 N–H and O–H groups in total. The number of hydrogen-bond donors (Lipinski definition) is 1. The third kappa shape index (κ3) is 4.35. The molecule has 0 radical (unpaired) electrons. The maximum absolute atomic E-state index is 12.1. The van der Waals surface area contributed by atoms with Crippen LogP contribution < -0.4 is 10.6 Å². The van der Waals surface area contributed by atoms with Gasteiger partial charge in [-0.25, -0.2) is 0 Å². The summed E-state index contributed by atoms with van der Waals surface area (Å²) in [4.78, 5) is 13.6. The third-order valence-electron chi connectivity index (χ3n) is 3.27. The van der Waals surface area contributed by atoms with Gasteiger partial charge in [-0.05, 0) is 30.2 Å². The second kappa shape index (κ2) is 6.70. The first-order chi connectivity index (χ1) is 8.82. The predicted octanol–water partition coefficient (Wildman–Crippen LogP) is 2.02. The monoisotopic (exact) mass is 282 g/mol. The lowest BCUT2D eigenvalue weighted by Gasteiger charge is -2.20. The van der Waals surface area contributed by atoms with E-state index in [0.717, 1.165) is 5.69 Å². The van der Waals surface area contributed by atoms with Crippen LogP contribution in [0.2, 0.25) is 0 Å². The van der Waals surface area contributed by atoms with Crippen LogP contribution in [0, 0.1) is 5.92 Å². The Hall–Kier alpha value is -1.36. The minimum Gasteiger partial charge on any atom is -0.399 e. The number of anilines is 2. The first-order valence-electron chi connectivity index (χ1n) is 6.32. The number of benzene rings is 1. The van der Waals surface area contributed by atoms with Crippen LogP contribution in [-0.4, -0.2) is 28.2 Å². The average molecular weight is 282 g/mol. The van der Waals surface area contributed by atoms with Gasteiger partial charge in [-0.3, -0.25) is 9.00 Å². The summed E-state index contributed by atoms with van der Waals surface area (Å²) in [5.74, 6) is 0.214. The van der Waals surface area contributed by atoms with Gasteiger partial charge >= 0.3 is 0 Å². The van der Waals surface area contributed by atoms with E-state index in [-0.39, 0.29) is 16.9 Å². The molecule has 0 bridgehead atoms. The Morgan fingerprint density at radius 2 is 1.79 bits per heavy atom. The zero-order valence-electron chi connectivity index (χ0n) is 11.9. The first-order valence-corrected chi connectivity index (χ1v) is 7.70. The SMILES string of the molecule is CC(C)C(C)S(=O)CC(=O)N(C)c1ccc(N)cc1. The Kier molecular flexibility index (Phi) is 5.54. The standard InChI is InChI=1S/C14H22N2O2S/c1-10(2)11(3)19(18)9-14(17)16(4)13-7-5-12(15)6-8-13/h5-8,10-11H,9,15H2,1-4H3. The number of nitrogens with two attached hydrogens (primary N) is 1. The fourth-order valence-corrected chi connectivity index (χ4v) is 2.80. The van der Waals surface area contributed by atoms with Crippen molar-refractivity contribution >= 4 is 28.1 Å². The smallest absolute Gasteiger partial charge is 0.239 e. The molecule has 19 heavy (non-hydrogen) atoms. The van der Waals surface area contributed by atoms with Gasteiger partial charge in [0.15, 0.2) is 0 Å². The zero-order valence-corrected chi connectivity index (χ0v) is 12.7. The summed E-state index contributed by atoms with van der Waals surface area (Å²) in [6.07, 6.45) is 0. The Morgan fingerprint density at radius 1 is 1.26 bits per heavy atom. The van der Waals surface area contributed by atoms with E-state index in [1.54, 1.807) is 31.3 Å². The van der Waals surface area contributed by atoms with Crippen molar-refractivity contribution in [1.29, 1.82) is 0 Å². The zero-order chi connectivity index (χ0) is 14.6. The number of carbonyl (C=O) groups is 1. The summed E-state index contributed by atoms with van der Waals surface area (Å²) in [6, 6.07) is 7.05. The van der Waals surface area contributed by atoms with Crippen LogP contribution in [-0.2, 0) is 15.6 Å². The van der Waals surface area contributed by atoms with Crippen LogP contribution in [0.5, 0.6) is 0 Å². The van der Waals surface area contributed by atoms with E-state index in [1.807, 2.05) is 20.8 Å². The first kappa shape index (κ1) is 15.7.